The van der Waals surface area contributed by atoms with Crippen LogP contribution in [0.25, 0.3) is 0 Å². The van der Waals surface area contributed by atoms with Crippen LogP contribution < -0.4 is 4.74 Å². The fourth-order valence-corrected chi connectivity index (χ4v) is 4.62. The van der Waals surface area contributed by atoms with E-state index >= 15 is 0 Å². The number of nitrogens with zero attached hydrogens (tertiary/aromatic N) is 1. The number of carbonyl (C=O) groups is 1. The average Bonchev–Trinajstić information content (AvgIpc) is 2.81. The molecular weight excluding hydrogens is 434 g/mol. The maximum atomic E-state index is 13.0. The number of ether oxygens (including phenoxy) is 2. The van der Waals surface area contributed by atoms with E-state index in [1.54, 1.807) is 0 Å². The maximum absolute atomic E-state index is 13.0. The summed E-state index contributed by atoms with van der Waals surface area (Å²) in [6.45, 7) is 7.88. The van der Waals surface area contributed by atoms with Crippen molar-refractivity contribution in [3.05, 3.63) is 65.7 Å². The van der Waals surface area contributed by atoms with Crippen molar-refractivity contribution in [2.24, 2.45) is 5.92 Å². The standard InChI is InChI=1S/C31H48NO3/c1-6-8-9-10-11-13-18-27-21-16-22-29(23-27)34-30(17-7-2)35-31(33)26(3)24-32(4,5)25-28-19-14-12-15-20-28/h12,14-16,19-23,26,30H,6-11,13,17-18,24-25H2,1-5H3/q+1. The van der Waals surface area contributed by atoms with E-state index in [4.69, 9.17) is 9.47 Å². The second-order valence-electron chi connectivity index (χ2n) is 10.6. The highest BCUT2D eigenvalue weighted by molar-refractivity contribution is 5.72. The molecule has 0 amide bonds. The van der Waals surface area contributed by atoms with Gasteiger partial charge in [-0.1, -0.05) is 88.4 Å². The number of esters is 1. The monoisotopic (exact) mass is 482 g/mol. The molecule has 0 aliphatic rings. The Bertz CT molecular complexity index is 849. The number of hydrogen-bond acceptors (Lipinski definition) is 3. The van der Waals surface area contributed by atoms with Crippen LogP contribution in [0, 0.1) is 5.92 Å². The molecule has 2 rings (SSSR count). The zero-order chi connectivity index (χ0) is 25.5. The van der Waals surface area contributed by atoms with Gasteiger partial charge in [0.2, 0.25) is 6.29 Å². The van der Waals surface area contributed by atoms with E-state index in [-0.39, 0.29) is 11.9 Å². The first kappa shape index (κ1) is 28.9. The van der Waals surface area contributed by atoms with Crippen molar-refractivity contribution in [3.8, 4) is 5.75 Å². The van der Waals surface area contributed by atoms with Crippen LogP contribution in [-0.4, -0.2) is 37.4 Å². The Balaban J connectivity index is 1.87. The summed E-state index contributed by atoms with van der Waals surface area (Å²) < 4.78 is 12.7. The van der Waals surface area contributed by atoms with Crippen LogP contribution >= 0.6 is 0 Å². The first-order valence-corrected chi connectivity index (χ1v) is 13.6. The lowest BCUT2D eigenvalue weighted by atomic mass is 10.0. The van der Waals surface area contributed by atoms with E-state index in [1.807, 2.05) is 25.1 Å². The third-order valence-electron chi connectivity index (χ3n) is 6.38. The second kappa shape index (κ2) is 15.6. The van der Waals surface area contributed by atoms with E-state index in [9.17, 15) is 4.79 Å². The van der Waals surface area contributed by atoms with Gasteiger partial charge in [-0.15, -0.1) is 0 Å². The topological polar surface area (TPSA) is 35.5 Å². The molecule has 2 aromatic rings. The third-order valence-corrected chi connectivity index (χ3v) is 6.38. The maximum Gasteiger partial charge on any atom is 0.317 e. The van der Waals surface area contributed by atoms with Gasteiger partial charge in [-0.25, -0.2) is 0 Å². The van der Waals surface area contributed by atoms with Gasteiger partial charge < -0.3 is 14.0 Å². The molecule has 0 fully saturated rings. The quantitative estimate of drug-likeness (QED) is 0.101. The Morgan fingerprint density at radius 3 is 2.26 bits per heavy atom. The molecule has 4 nitrogen and oxygen atoms in total. The molecule has 0 heterocycles. The molecule has 0 aliphatic heterocycles. The van der Waals surface area contributed by atoms with Crippen molar-refractivity contribution in [2.45, 2.75) is 91.4 Å². The van der Waals surface area contributed by atoms with E-state index in [0.29, 0.717) is 13.0 Å². The molecule has 0 spiro atoms. The van der Waals surface area contributed by atoms with Gasteiger partial charge >= 0.3 is 5.97 Å². The van der Waals surface area contributed by atoms with Gasteiger partial charge in [0.25, 0.3) is 0 Å². The Hall–Kier alpha value is -2.33. The van der Waals surface area contributed by atoms with Gasteiger partial charge in [0.1, 0.15) is 18.2 Å². The summed E-state index contributed by atoms with van der Waals surface area (Å²) in [6.07, 6.45) is 9.84. The van der Waals surface area contributed by atoms with Gasteiger partial charge in [-0.05, 0) is 43.9 Å². The van der Waals surface area contributed by atoms with E-state index in [0.717, 1.165) is 29.6 Å². The van der Waals surface area contributed by atoms with E-state index in [1.165, 1.54) is 49.7 Å². The average molecular weight is 483 g/mol. The van der Waals surface area contributed by atoms with Gasteiger partial charge in [0.15, 0.2) is 0 Å². The fraction of sp³-hybridized carbons (Fsp3) is 0.581. The fourth-order valence-electron chi connectivity index (χ4n) is 4.62. The van der Waals surface area contributed by atoms with Crippen molar-refractivity contribution in [1.82, 2.24) is 0 Å². The van der Waals surface area contributed by atoms with Crippen molar-refractivity contribution in [2.75, 3.05) is 20.6 Å². The van der Waals surface area contributed by atoms with Crippen molar-refractivity contribution < 1.29 is 18.8 Å². The van der Waals surface area contributed by atoms with Crippen LogP contribution in [0.3, 0.4) is 0 Å². The lowest BCUT2D eigenvalue weighted by molar-refractivity contribution is -0.905. The summed E-state index contributed by atoms with van der Waals surface area (Å²) in [5, 5.41) is 0. The van der Waals surface area contributed by atoms with Crippen molar-refractivity contribution in [3.63, 3.8) is 0 Å². The zero-order valence-electron chi connectivity index (χ0n) is 22.8. The molecule has 0 bridgehead atoms. The SMILES string of the molecule is CCCCCCCCc1cccc(OC(CCC)OC(=O)C(C)C[N+](C)(C)Cc2ccccc2)c1. The second-order valence-corrected chi connectivity index (χ2v) is 10.6. The minimum Gasteiger partial charge on any atom is -0.455 e. The summed E-state index contributed by atoms with van der Waals surface area (Å²) in [5.41, 5.74) is 2.55. The van der Waals surface area contributed by atoms with Crippen molar-refractivity contribution in [1.29, 1.82) is 0 Å². The predicted octanol–water partition coefficient (Wildman–Crippen LogP) is 7.55. The van der Waals surface area contributed by atoms with Gasteiger partial charge in [0, 0.05) is 12.0 Å². The number of hydrogen-bond donors (Lipinski definition) is 0. The third kappa shape index (κ3) is 11.8. The Morgan fingerprint density at radius 2 is 1.54 bits per heavy atom. The lowest BCUT2D eigenvalue weighted by Gasteiger charge is -2.32. The summed E-state index contributed by atoms with van der Waals surface area (Å²) in [6, 6.07) is 18.7. The molecule has 0 radical (unpaired) electrons. The molecular formula is C31H48NO3+. The molecule has 4 heteroatoms. The summed E-state index contributed by atoms with van der Waals surface area (Å²) in [5.74, 6) is 0.384. The zero-order valence-corrected chi connectivity index (χ0v) is 22.8. The van der Waals surface area contributed by atoms with Crippen LogP contribution in [-0.2, 0) is 22.5 Å². The largest absolute Gasteiger partial charge is 0.455 e. The minimum atomic E-state index is -0.552. The van der Waals surface area contributed by atoms with Crippen LogP contribution in [0.4, 0.5) is 0 Å². The molecule has 194 valence electrons. The van der Waals surface area contributed by atoms with Crippen LogP contribution in [0.1, 0.15) is 83.3 Å². The molecule has 2 aromatic carbocycles. The number of quaternary nitrogens is 1. The molecule has 0 aliphatic carbocycles. The molecule has 0 saturated carbocycles. The molecule has 2 unspecified atom stereocenters. The van der Waals surface area contributed by atoms with Crippen LogP contribution in [0.15, 0.2) is 54.6 Å². The van der Waals surface area contributed by atoms with Gasteiger partial charge in [-0.3, -0.25) is 4.79 Å². The molecule has 0 aromatic heterocycles. The molecule has 2 atom stereocenters. The minimum absolute atomic E-state index is 0.189. The van der Waals surface area contributed by atoms with Gasteiger partial charge in [0.05, 0.1) is 20.6 Å². The van der Waals surface area contributed by atoms with E-state index in [2.05, 4.69) is 64.3 Å². The number of aryl methyl sites for hydroxylation is 1. The Labute approximate surface area is 214 Å². The van der Waals surface area contributed by atoms with Crippen molar-refractivity contribution >= 4 is 5.97 Å². The number of unbranched alkanes of at least 4 members (excludes halogenated alkanes) is 5. The first-order valence-electron chi connectivity index (χ1n) is 13.6. The van der Waals surface area contributed by atoms with Gasteiger partial charge in [-0.2, -0.15) is 0 Å². The van der Waals surface area contributed by atoms with Crippen LogP contribution in [0.5, 0.6) is 5.75 Å². The number of rotatable bonds is 17. The Morgan fingerprint density at radius 1 is 0.857 bits per heavy atom. The summed E-state index contributed by atoms with van der Waals surface area (Å²) in [4.78, 5) is 13.0. The highest BCUT2D eigenvalue weighted by Gasteiger charge is 2.28. The smallest absolute Gasteiger partial charge is 0.317 e. The number of benzene rings is 2. The first-order chi connectivity index (χ1) is 16.8. The highest BCUT2D eigenvalue weighted by Crippen LogP contribution is 2.21. The molecule has 0 N–H and O–H groups in total. The normalized spacial score (nSPS) is 13.3. The van der Waals surface area contributed by atoms with E-state index < -0.39 is 6.29 Å². The molecule has 0 saturated heterocycles. The summed E-state index contributed by atoms with van der Waals surface area (Å²) >= 11 is 0. The summed E-state index contributed by atoms with van der Waals surface area (Å²) in [7, 11) is 4.32. The van der Waals surface area contributed by atoms with Crippen LogP contribution in [0.2, 0.25) is 0 Å². The lowest BCUT2D eigenvalue weighted by Crippen LogP contribution is -2.44. The molecule has 35 heavy (non-hydrogen) atoms. The number of carbonyl (C=O) groups excluding carboxylic acids is 1. The highest BCUT2D eigenvalue weighted by atomic mass is 16.7. The Kier molecular flexibility index (Phi) is 12.9. The predicted molar refractivity (Wildman–Crippen MR) is 145 cm³/mol.